The fourth-order valence-corrected chi connectivity index (χ4v) is 4.69. The van der Waals surface area contributed by atoms with E-state index in [0.29, 0.717) is 37.7 Å². The van der Waals surface area contributed by atoms with E-state index in [4.69, 9.17) is 4.74 Å². The van der Waals surface area contributed by atoms with E-state index in [-0.39, 0.29) is 15.9 Å². The highest BCUT2D eigenvalue weighted by Crippen LogP contribution is 2.29. The second-order valence-corrected chi connectivity index (χ2v) is 9.06. The van der Waals surface area contributed by atoms with Crippen molar-refractivity contribution in [1.29, 1.82) is 0 Å². The van der Waals surface area contributed by atoms with Crippen LogP contribution in [0.25, 0.3) is 0 Å². The molecule has 0 saturated carbocycles. The summed E-state index contributed by atoms with van der Waals surface area (Å²) in [5.41, 5.74) is 0.365. The molecule has 12 heteroatoms. The molecule has 2 heterocycles. The highest BCUT2D eigenvalue weighted by Gasteiger charge is 2.26. The first-order chi connectivity index (χ1) is 13.7. The van der Waals surface area contributed by atoms with E-state index in [9.17, 15) is 22.0 Å². The zero-order chi connectivity index (χ0) is 21.2. The first-order valence-electron chi connectivity index (χ1n) is 8.69. The van der Waals surface area contributed by atoms with Crippen molar-refractivity contribution in [2.75, 3.05) is 31.6 Å². The number of carbonyl (C=O) groups is 1. The Bertz CT molecular complexity index is 990. The minimum absolute atomic E-state index is 0.117. The summed E-state index contributed by atoms with van der Waals surface area (Å²) >= 11 is 3.05. The van der Waals surface area contributed by atoms with Gasteiger partial charge in [0.05, 0.1) is 28.3 Å². The number of aromatic nitrogens is 2. The molecule has 1 aliphatic rings. The molecule has 1 saturated heterocycles. The van der Waals surface area contributed by atoms with E-state index in [1.807, 2.05) is 0 Å². The molecule has 1 amide bonds. The first-order valence-corrected chi connectivity index (χ1v) is 10.9. The van der Waals surface area contributed by atoms with Crippen LogP contribution in [-0.2, 0) is 26.1 Å². The summed E-state index contributed by atoms with van der Waals surface area (Å²) in [5.74, 6) is -0.479. The molecule has 158 valence electrons. The molecule has 2 aromatic rings. The quantitative estimate of drug-likeness (QED) is 0.668. The summed E-state index contributed by atoms with van der Waals surface area (Å²) in [7, 11) is -3.62. The van der Waals surface area contributed by atoms with Gasteiger partial charge in [-0.15, -0.1) is 0 Å². The average Bonchev–Trinajstić information content (AvgIpc) is 2.97. The van der Waals surface area contributed by atoms with E-state index in [1.165, 1.54) is 33.3 Å². The highest BCUT2D eigenvalue weighted by molar-refractivity contribution is 9.10. The Morgan fingerprint density at radius 1 is 1.28 bits per heavy atom. The van der Waals surface area contributed by atoms with Crippen molar-refractivity contribution in [1.82, 2.24) is 14.1 Å². The minimum atomic E-state index is -3.62. The van der Waals surface area contributed by atoms with Crippen LogP contribution in [0.3, 0.4) is 0 Å². The smallest absolute Gasteiger partial charge is 0.283 e. The lowest BCUT2D eigenvalue weighted by atomic mass is 10.3. The van der Waals surface area contributed by atoms with Crippen LogP contribution in [0.2, 0.25) is 0 Å². The van der Waals surface area contributed by atoms with Crippen LogP contribution in [0.4, 0.5) is 14.5 Å². The van der Waals surface area contributed by atoms with Gasteiger partial charge < -0.3 is 10.1 Å². The summed E-state index contributed by atoms with van der Waals surface area (Å²) in [6.07, 6.45) is -2.76. The number of morpholine rings is 1. The van der Waals surface area contributed by atoms with Crippen LogP contribution in [0.15, 0.2) is 33.6 Å². The zero-order valence-electron chi connectivity index (χ0n) is 15.4. The van der Waals surface area contributed by atoms with Gasteiger partial charge in [0.25, 0.3) is 6.43 Å². The number of carbonyl (C=O) groups excluding carboxylic acids is 1. The van der Waals surface area contributed by atoms with Gasteiger partial charge in [-0.1, -0.05) is 0 Å². The van der Waals surface area contributed by atoms with Crippen LogP contribution < -0.4 is 5.32 Å². The average molecular weight is 493 g/mol. The van der Waals surface area contributed by atoms with Crippen LogP contribution in [0, 0.1) is 6.92 Å². The molecule has 1 fully saturated rings. The molecule has 29 heavy (non-hydrogen) atoms. The van der Waals surface area contributed by atoms with Crippen molar-refractivity contribution in [2.24, 2.45) is 0 Å². The monoisotopic (exact) mass is 492 g/mol. The third-order valence-electron chi connectivity index (χ3n) is 4.40. The normalized spacial score (nSPS) is 15.6. The fraction of sp³-hybridized carbons (Fsp3) is 0.412. The third kappa shape index (κ3) is 4.82. The Kier molecular flexibility index (Phi) is 6.66. The van der Waals surface area contributed by atoms with Crippen LogP contribution >= 0.6 is 15.9 Å². The Morgan fingerprint density at radius 3 is 2.45 bits per heavy atom. The Labute approximate surface area is 175 Å². The van der Waals surface area contributed by atoms with Gasteiger partial charge in [0.1, 0.15) is 12.2 Å². The van der Waals surface area contributed by atoms with Gasteiger partial charge >= 0.3 is 0 Å². The number of ether oxygens (including phenoxy) is 1. The number of nitrogens with zero attached hydrogens (tertiary/aromatic N) is 3. The maximum atomic E-state index is 12.9. The molecule has 0 radical (unpaired) electrons. The topological polar surface area (TPSA) is 93.5 Å². The van der Waals surface area contributed by atoms with Gasteiger partial charge in [0, 0.05) is 18.8 Å². The lowest BCUT2D eigenvalue weighted by Gasteiger charge is -2.26. The van der Waals surface area contributed by atoms with Crippen LogP contribution in [0.5, 0.6) is 0 Å². The van der Waals surface area contributed by atoms with E-state index in [2.05, 4.69) is 26.3 Å². The van der Waals surface area contributed by atoms with Crippen molar-refractivity contribution >= 4 is 37.5 Å². The zero-order valence-corrected chi connectivity index (χ0v) is 17.8. The molecule has 0 aliphatic carbocycles. The number of alkyl halides is 2. The molecule has 1 aromatic heterocycles. The Balaban J connectivity index is 1.67. The fourth-order valence-electron chi connectivity index (χ4n) is 2.82. The molecular weight excluding hydrogens is 474 g/mol. The maximum absolute atomic E-state index is 12.9. The van der Waals surface area contributed by atoms with Crippen LogP contribution in [-0.4, -0.2) is 54.7 Å². The lowest BCUT2D eigenvalue weighted by molar-refractivity contribution is -0.117. The van der Waals surface area contributed by atoms with Crippen LogP contribution in [0.1, 0.15) is 17.8 Å². The van der Waals surface area contributed by atoms with Gasteiger partial charge in [-0.3, -0.25) is 9.48 Å². The van der Waals surface area contributed by atoms with Gasteiger partial charge in [-0.2, -0.15) is 9.40 Å². The SMILES string of the molecule is Cc1c(Br)c(C(F)F)nn1CC(=O)Nc1ccc(S(=O)(=O)N2CCOCC2)cc1. The standard InChI is InChI=1S/C17H19BrF2N4O4S/c1-11-15(18)16(17(19)20)22-24(11)10-14(25)21-12-2-4-13(5-3-12)29(26,27)23-6-8-28-9-7-23/h2-5,17H,6-10H2,1H3,(H,21,25). The summed E-state index contributed by atoms with van der Waals surface area (Å²) < 4.78 is 58.9. The highest BCUT2D eigenvalue weighted by atomic mass is 79.9. The summed E-state index contributed by atoms with van der Waals surface area (Å²) in [5, 5.41) is 6.36. The number of hydrogen-bond donors (Lipinski definition) is 1. The molecule has 1 N–H and O–H groups in total. The van der Waals surface area contributed by atoms with Gasteiger partial charge in [-0.25, -0.2) is 17.2 Å². The van der Waals surface area contributed by atoms with E-state index in [1.54, 1.807) is 6.92 Å². The number of sulfonamides is 1. The van der Waals surface area contributed by atoms with E-state index >= 15 is 0 Å². The largest absolute Gasteiger partial charge is 0.379 e. The molecule has 0 atom stereocenters. The molecule has 1 aromatic carbocycles. The number of rotatable bonds is 6. The molecule has 3 rings (SSSR count). The van der Waals surface area contributed by atoms with Gasteiger partial charge in [0.15, 0.2) is 0 Å². The molecule has 0 unspecified atom stereocenters. The second kappa shape index (κ2) is 8.86. The number of anilines is 1. The first kappa shape index (κ1) is 21.8. The van der Waals surface area contributed by atoms with Crippen molar-refractivity contribution < 1.29 is 26.7 Å². The molecule has 1 aliphatic heterocycles. The van der Waals surface area contributed by atoms with Crippen molar-refractivity contribution in [2.45, 2.75) is 24.8 Å². The Hall–Kier alpha value is -1.89. The molecule has 0 spiro atoms. The number of amides is 1. The summed E-state index contributed by atoms with van der Waals surface area (Å²) in [6, 6.07) is 5.76. The molecular formula is C17H19BrF2N4O4S. The molecule has 0 bridgehead atoms. The van der Waals surface area contributed by atoms with Gasteiger partial charge in [0.2, 0.25) is 15.9 Å². The van der Waals surface area contributed by atoms with Crippen molar-refractivity contribution in [3.63, 3.8) is 0 Å². The minimum Gasteiger partial charge on any atom is -0.379 e. The number of benzene rings is 1. The van der Waals surface area contributed by atoms with Crippen molar-refractivity contribution in [3.8, 4) is 0 Å². The molecule has 8 nitrogen and oxygen atoms in total. The maximum Gasteiger partial charge on any atom is 0.283 e. The van der Waals surface area contributed by atoms with Gasteiger partial charge in [-0.05, 0) is 47.1 Å². The van der Waals surface area contributed by atoms with Crippen molar-refractivity contribution in [3.05, 3.63) is 40.1 Å². The van der Waals surface area contributed by atoms with E-state index in [0.717, 1.165) is 0 Å². The number of halogens is 3. The lowest BCUT2D eigenvalue weighted by Crippen LogP contribution is -2.40. The second-order valence-electron chi connectivity index (χ2n) is 6.33. The van der Waals surface area contributed by atoms with E-state index < -0.39 is 28.0 Å². The summed E-state index contributed by atoms with van der Waals surface area (Å²) in [6.45, 7) is 2.60. The number of nitrogens with one attached hydrogen (secondary N) is 1. The number of hydrogen-bond acceptors (Lipinski definition) is 5. The Morgan fingerprint density at radius 2 is 1.90 bits per heavy atom. The third-order valence-corrected chi connectivity index (χ3v) is 7.30. The predicted molar refractivity (Wildman–Crippen MR) is 104 cm³/mol. The predicted octanol–water partition coefficient (Wildman–Crippen LogP) is 2.55. The summed E-state index contributed by atoms with van der Waals surface area (Å²) in [4.78, 5) is 12.4.